The molecule has 0 N–H and O–H groups in total. The van der Waals surface area contributed by atoms with Crippen molar-refractivity contribution in [3.05, 3.63) is 47.5 Å². The Morgan fingerprint density at radius 1 is 1.04 bits per heavy atom. The molecule has 2 aliphatic rings. The molecule has 1 saturated heterocycles. The highest BCUT2D eigenvalue weighted by Crippen LogP contribution is 2.35. The zero-order valence-corrected chi connectivity index (χ0v) is 16.0. The molecule has 0 unspecified atom stereocenters. The minimum Gasteiger partial charge on any atom is -0.454 e. The highest BCUT2D eigenvalue weighted by Gasteiger charge is 2.28. The fraction of sp³-hybridized carbons (Fsp3) is 0.316. The molecular weight excluding hydrogens is 386 g/mol. The Kier molecular flexibility index (Phi) is 4.96. The lowest BCUT2D eigenvalue weighted by Gasteiger charge is -2.26. The molecule has 4 rings (SSSR count). The van der Waals surface area contributed by atoms with E-state index in [9.17, 15) is 13.2 Å². The third-order valence-electron chi connectivity index (χ3n) is 4.59. The number of esters is 1. The van der Waals surface area contributed by atoms with Crippen molar-refractivity contribution in [1.82, 2.24) is 4.31 Å². The fourth-order valence-electron chi connectivity index (χ4n) is 3.02. The Hall–Kier alpha value is -2.62. The maximum absolute atomic E-state index is 12.8. The molecule has 2 aromatic rings. The van der Waals surface area contributed by atoms with E-state index in [1.165, 1.54) is 16.4 Å². The van der Waals surface area contributed by atoms with Crippen LogP contribution in [0.1, 0.15) is 15.9 Å². The lowest BCUT2D eigenvalue weighted by Crippen LogP contribution is -2.40. The highest BCUT2D eigenvalue weighted by atomic mass is 32.2. The van der Waals surface area contributed by atoms with Gasteiger partial charge in [-0.15, -0.1) is 0 Å². The first-order chi connectivity index (χ1) is 13.4. The van der Waals surface area contributed by atoms with Gasteiger partial charge in [-0.2, -0.15) is 4.31 Å². The lowest BCUT2D eigenvalue weighted by atomic mass is 10.1. The van der Waals surface area contributed by atoms with Gasteiger partial charge < -0.3 is 18.9 Å². The van der Waals surface area contributed by atoms with E-state index in [4.69, 9.17) is 18.9 Å². The van der Waals surface area contributed by atoms with Gasteiger partial charge in [0.05, 0.1) is 23.7 Å². The predicted molar refractivity (Wildman–Crippen MR) is 98.3 cm³/mol. The Morgan fingerprint density at radius 3 is 2.57 bits per heavy atom. The van der Waals surface area contributed by atoms with Crippen LogP contribution in [-0.4, -0.2) is 51.8 Å². The third kappa shape index (κ3) is 3.56. The van der Waals surface area contributed by atoms with Gasteiger partial charge in [-0.1, -0.05) is 6.07 Å². The zero-order valence-electron chi connectivity index (χ0n) is 15.2. The van der Waals surface area contributed by atoms with Crippen molar-refractivity contribution >= 4 is 16.0 Å². The van der Waals surface area contributed by atoms with Crippen LogP contribution in [0.5, 0.6) is 17.2 Å². The summed E-state index contributed by atoms with van der Waals surface area (Å²) in [4.78, 5) is 12.7. The molecule has 148 valence electrons. The van der Waals surface area contributed by atoms with Crippen LogP contribution in [0.25, 0.3) is 0 Å². The number of nitrogens with zero attached hydrogens (tertiary/aromatic N) is 1. The number of hydrogen-bond donors (Lipinski definition) is 0. The summed E-state index contributed by atoms with van der Waals surface area (Å²) in [6.07, 6.45) is 0. The minimum absolute atomic E-state index is 0.0534. The topological polar surface area (TPSA) is 91.4 Å². The maximum atomic E-state index is 12.8. The van der Waals surface area contributed by atoms with Crippen molar-refractivity contribution in [1.29, 1.82) is 0 Å². The Bertz CT molecular complexity index is 1010. The standard InChI is InChI=1S/C19H19NO7S/c1-13-2-4-15(28(22,23)20-6-8-24-9-7-20)11-16(13)19(21)27-14-3-5-17-18(10-14)26-12-25-17/h2-5,10-11H,6-9,12H2,1H3. The first-order valence-corrected chi connectivity index (χ1v) is 10.2. The van der Waals surface area contributed by atoms with Gasteiger partial charge in [0, 0.05) is 19.2 Å². The second-order valence-corrected chi connectivity index (χ2v) is 8.34. The van der Waals surface area contributed by atoms with Gasteiger partial charge in [-0.25, -0.2) is 13.2 Å². The van der Waals surface area contributed by atoms with E-state index in [0.29, 0.717) is 30.3 Å². The van der Waals surface area contributed by atoms with Crippen LogP contribution in [-0.2, 0) is 14.8 Å². The first-order valence-electron chi connectivity index (χ1n) is 8.75. The maximum Gasteiger partial charge on any atom is 0.343 e. The van der Waals surface area contributed by atoms with E-state index >= 15 is 0 Å². The molecule has 0 saturated carbocycles. The van der Waals surface area contributed by atoms with Crippen molar-refractivity contribution in [3.8, 4) is 17.2 Å². The number of carbonyl (C=O) groups is 1. The van der Waals surface area contributed by atoms with Gasteiger partial charge in [0.2, 0.25) is 16.8 Å². The van der Waals surface area contributed by atoms with Gasteiger partial charge in [0.25, 0.3) is 0 Å². The molecular formula is C19H19NO7S. The second kappa shape index (κ2) is 7.42. The minimum atomic E-state index is -3.71. The molecule has 0 radical (unpaired) electrons. The molecule has 0 aromatic heterocycles. The lowest BCUT2D eigenvalue weighted by molar-refractivity contribution is 0.0726. The van der Waals surface area contributed by atoms with Crippen LogP contribution in [0.4, 0.5) is 0 Å². The molecule has 2 aromatic carbocycles. The molecule has 28 heavy (non-hydrogen) atoms. The number of carbonyl (C=O) groups excluding carboxylic acids is 1. The average molecular weight is 405 g/mol. The van der Waals surface area contributed by atoms with Crippen molar-refractivity contribution in [2.75, 3.05) is 33.1 Å². The van der Waals surface area contributed by atoms with Gasteiger partial charge >= 0.3 is 5.97 Å². The summed E-state index contributed by atoms with van der Waals surface area (Å²) in [5.74, 6) is 0.714. The average Bonchev–Trinajstić information content (AvgIpc) is 3.16. The molecule has 1 fully saturated rings. The van der Waals surface area contributed by atoms with Gasteiger partial charge in [-0.3, -0.25) is 0 Å². The first kappa shape index (κ1) is 18.7. The Labute approximate surface area is 162 Å². The molecule has 0 spiro atoms. The second-order valence-electron chi connectivity index (χ2n) is 6.40. The van der Waals surface area contributed by atoms with Crippen LogP contribution < -0.4 is 14.2 Å². The van der Waals surface area contributed by atoms with Gasteiger partial charge in [-0.05, 0) is 36.8 Å². The van der Waals surface area contributed by atoms with Crippen LogP contribution >= 0.6 is 0 Å². The number of benzene rings is 2. The van der Waals surface area contributed by atoms with Crippen LogP contribution in [0.3, 0.4) is 0 Å². The molecule has 0 amide bonds. The molecule has 0 aliphatic carbocycles. The van der Waals surface area contributed by atoms with Crippen molar-refractivity contribution in [2.45, 2.75) is 11.8 Å². The Balaban J connectivity index is 1.59. The summed E-state index contributed by atoms with van der Waals surface area (Å²) in [6.45, 7) is 3.11. The highest BCUT2D eigenvalue weighted by molar-refractivity contribution is 7.89. The van der Waals surface area contributed by atoms with E-state index in [-0.39, 0.29) is 36.1 Å². The molecule has 0 atom stereocenters. The number of rotatable bonds is 4. The molecule has 2 heterocycles. The summed E-state index contributed by atoms with van der Waals surface area (Å²) in [7, 11) is -3.71. The fourth-order valence-corrected chi connectivity index (χ4v) is 4.45. The number of ether oxygens (including phenoxy) is 4. The predicted octanol–water partition coefficient (Wildman–Crippen LogP) is 1.96. The van der Waals surface area contributed by atoms with Crippen LogP contribution in [0.2, 0.25) is 0 Å². The third-order valence-corrected chi connectivity index (χ3v) is 6.49. The number of sulfonamides is 1. The van der Waals surface area contributed by atoms with Crippen LogP contribution in [0.15, 0.2) is 41.3 Å². The summed E-state index contributed by atoms with van der Waals surface area (Å²) in [5.41, 5.74) is 0.804. The van der Waals surface area contributed by atoms with Crippen molar-refractivity contribution in [3.63, 3.8) is 0 Å². The summed E-state index contributed by atoms with van der Waals surface area (Å²) >= 11 is 0. The van der Waals surface area contributed by atoms with E-state index in [2.05, 4.69) is 0 Å². The van der Waals surface area contributed by atoms with Gasteiger partial charge in [0.15, 0.2) is 11.5 Å². The van der Waals surface area contributed by atoms with Crippen molar-refractivity contribution in [2.24, 2.45) is 0 Å². The number of morpholine rings is 1. The molecule has 9 heteroatoms. The molecule has 2 aliphatic heterocycles. The SMILES string of the molecule is Cc1ccc(S(=O)(=O)N2CCOCC2)cc1C(=O)Oc1ccc2c(c1)OCO2. The summed E-state index contributed by atoms with van der Waals surface area (Å²) in [5, 5.41) is 0. The molecule has 0 bridgehead atoms. The Morgan fingerprint density at radius 2 is 1.79 bits per heavy atom. The van der Waals surface area contributed by atoms with Crippen molar-refractivity contribution < 1.29 is 32.2 Å². The van der Waals surface area contributed by atoms with Gasteiger partial charge in [0.1, 0.15) is 5.75 Å². The van der Waals surface area contributed by atoms with E-state index < -0.39 is 16.0 Å². The monoisotopic (exact) mass is 405 g/mol. The quantitative estimate of drug-likeness (QED) is 0.567. The number of aryl methyl sites for hydroxylation is 1. The number of fused-ring (bicyclic) bond motifs is 1. The van der Waals surface area contributed by atoms with E-state index in [0.717, 1.165) is 0 Å². The van der Waals surface area contributed by atoms with E-state index in [1.54, 1.807) is 31.2 Å². The smallest absolute Gasteiger partial charge is 0.343 e. The normalized spacial score (nSPS) is 16.8. The summed E-state index contributed by atoms with van der Waals surface area (Å²) in [6, 6.07) is 9.26. The number of hydrogen-bond acceptors (Lipinski definition) is 7. The van der Waals surface area contributed by atoms with Crippen LogP contribution in [0, 0.1) is 6.92 Å². The molecule has 8 nitrogen and oxygen atoms in total. The zero-order chi connectivity index (χ0) is 19.7. The summed E-state index contributed by atoms with van der Waals surface area (Å²) < 4.78 is 48.2. The van der Waals surface area contributed by atoms with E-state index in [1.807, 2.05) is 0 Å². The largest absolute Gasteiger partial charge is 0.454 e.